The van der Waals surface area contributed by atoms with E-state index < -0.39 is 10.0 Å². The van der Waals surface area contributed by atoms with Crippen molar-refractivity contribution < 1.29 is 17.9 Å². The first-order chi connectivity index (χ1) is 15.7. The summed E-state index contributed by atoms with van der Waals surface area (Å²) >= 11 is 0. The van der Waals surface area contributed by atoms with Gasteiger partial charge in [-0.25, -0.2) is 13.1 Å². The van der Waals surface area contributed by atoms with E-state index in [0.717, 1.165) is 37.3 Å². The summed E-state index contributed by atoms with van der Waals surface area (Å²) in [6.07, 6.45) is 5.79. The fourth-order valence-corrected chi connectivity index (χ4v) is 6.27. The molecule has 1 aromatic rings. The number of benzene rings is 1. The highest BCUT2D eigenvalue weighted by Crippen LogP contribution is 2.28. The Balaban J connectivity index is 1.46. The number of sulfonamides is 1. The molecule has 1 heterocycles. The maximum Gasteiger partial charge on any atom is 0.227 e. The van der Waals surface area contributed by atoms with Crippen molar-refractivity contribution in [3.8, 4) is 0 Å². The van der Waals surface area contributed by atoms with Crippen LogP contribution in [0.5, 0.6) is 0 Å². The van der Waals surface area contributed by atoms with Gasteiger partial charge in [0, 0.05) is 36.4 Å². The van der Waals surface area contributed by atoms with Crippen molar-refractivity contribution in [2.45, 2.75) is 96.1 Å². The van der Waals surface area contributed by atoms with Crippen LogP contribution in [0.4, 0.5) is 11.4 Å². The zero-order valence-electron chi connectivity index (χ0n) is 20.5. The first kappa shape index (κ1) is 26.0. The smallest absolute Gasteiger partial charge is 0.227 e. The molecule has 3 rings (SSSR count). The number of ether oxygens (including phenoxy) is 1. The molecule has 33 heavy (non-hydrogen) atoms. The van der Waals surface area contributed by atoms with E-state index in [9.17, 15) is 13.2 Å². The number of hydrogen-bond donors (Lipinski definition) is 2. The number of amides is 1. The third-order valence-corrected chi connectivity index (χ3v) is 8.80. The summed E-state index contributed by atoms with van der Waals surface area (Å²) in [6.45, 7) is 9.75. The number of hydrogen-bond acceptors (Lipinski definition) is 5. The number of unbranched alkanes of at least 4 members (excludes halogenated alkanes) is 1. The van der Waals surface area contributed by atoms with Gasteiger partial charge < -0.3 is 15.0 Å². The van der Waals surface area contributed by atoms with E-state index in [1.807, 2.05) is 24.3 Å². The summed E-state index contributed by atoms with van der Waals surface area (Å²) in [5, 5.41) is 2.67. The van der Waals surface area contributed by atoms with E-state index in [0.29, 0.717) is 32.1 Å². The molecule has 0 radical (unpaired) electrons. The van der Waals surface area contributed by atoms with Crippen molar-refractivity contribution in [3.05, 3.63) is 24.3 Å². The zero-order chi connectivity index (χ0) is 24.0. The molecule has 8 heteroatoms. The fraction of sp³-hybridized carbons (Fsp3) is 0.720. The van der Waals surface area contributed by atoms with Crippen molar-refractivity contribution in [2.75, 3.05) is 23.3 Å². The van der Waals surface area contributed by atoms with Gasteiger partial charge in [0.15, 0.2) is 0 Å². The molecular formula is C25H41N3O4S. The summed E-state index contributed by atoms with van der Waals surface area (Å²) < 4.78 is 33.8. The van der Waals surface area contributed by atoms with Crippen molar-refractivity contribution in [1.82, 2.24) is 4.72 Å². The lowest BCUT2D eigenvalue weighted by atomic mass is 9.86. The number of morpholine rings is 1. The standard InChI is InChI=1S/C25H41N3O4S/c1-5-6-7-20(4)33(30,31)27-23-10-8-21(9-11-23)25(29)26-22-12-14-24(15-13-22)28-16-18(2)32-19(3)17-28/h12-15,18-21,23,27H,5-11,16-17H2,1-4H3,(H,26,29)/t18-,19+,20?,21-,23-. The molecule has 1 saturated carbocycles. The average molecular weight is 480 g/mol. The molecule has 1 aliphatic carbocycles. The van der Waals surface area contributed by atoms with Crippen LogP contribution in [0.2, 0.25) is 0 Å². The predicted molar refractivity (Wildman–Crippen MR) is 134 cm³/mol. The van der Waals surface area contributed by atoms with Gasteiger partial charge >= 0.3 is 0 Å². The Kier molecular flexibility index (Phi) is 9.18. The van der Waals surface area contributed by atoms with Crippen molar-refractivity contribution in [2.24, 2.45) is 5.92 Å². The number of carbonyl (C=O) groups excluding carboxylic acids is 1. The topological polar surface area (TPSA) is 87.7 Å². The van der Waals surface area contributed by atoms with Crippen LogP contribution in [0.15, 0.2) is 24.3 Å². The van der Waals surface area contributed by atoms with Crippen LogP contribution in [0, 0.1) is 5.92 Å². The lowest BCUT2D eigenvalue weighted by Crippen LogP contribution is -2.45. The molecule has 0 aromatic heterocycles. The Bertz CT molecular complexity index is 856. The van der Waals surface area contributed by atoms with Gasteiger partial charge in [-0.1, -0.05) is 19.8 Å². The minimum Gasteiger partial charge on any atom is -0.372 e. The van der Waals surface area contributed by atoms with Crippen molar-refractivity contribution in [3.63, 3.8) is 0 Å². The highest BCUT2D eigenvalue weighted by atomic mass is 32.2. The zero-order valence-corrected chi connectivity index (χ0v) is 21.4. The normalized spacial score (nSPS) is 27.2. The monoisotopic (exact) mass is 479 g/mol. The van der Waals surface area contributed by atoms with Crippen LogP contribution in [-0.4, -0.2) is 50.9 Å². The Morgan fingerprint density at radius 1 is 1.09 bits per heavy atom. The minimum atomic E-state index is -3.30. The third-order valence-electron chi connectivity index (χ3n) is 6.84. The highest BCUT2D eigenvalue weighted by Gasteiger charge is 2.30. The van der Waals surface area contributed by atoms with Crippen LogP contribution < -0.4 is 14.9 Å². The van der Waals surface area contributed by atoms with Gasteiger partial charge in [0.2, 0.25) is 15.9 Å². The number of anilines is 2. The van der Waals surface area contributed by atoms with E-state index in [1.54, 1.807) is 6.92 Å². The number of carbonyl (C=O) groups is 1. The summed E-state index contributed by atoms with van der Waals surface area (Å²) in [4.78, 5) is 15.1. The summed E-state index contributed by atoms with van der Waals surface area (Å²) in [6, 6.07) is 7.93. The molecule has 0 bridgehead atoms. The Morgan fingerprint density at radius 3 is 2.27 bits per heavy atom. The van der Waals surface area contributed by atoms with Gasteiger partial charge in [-0.05, 0) is 77.1 Å². The molecule has 2 fully saturated rings. The fourth-order valence-electron chi connectivity index (χ4n) is 4.86. The molecule has 0 spiro atoms. The van der Waals surface area contributed by atoms with E-state index in [2.05, 4.69) is 35.7 Å². The van der Waals surface area contributed by atoms with Gasteiger partial charge in [-0.15, -0.1) is 0 Å². The summed E-state index contributed by atoms with van der Waals surface area (Å²) in [7, 11) is -3.30. The van der Waals surface area contributed by atoms with Crippen LogP contribution in [-0.2, 0) is 19.6 Å². The predicted octanol–water partition coefficient (Wildman–Crippen LogP) is 4.30. The first-order valence-electron chi connectivity index (χ1n) is 12.5. The van der Waals surface area contributed by atoms with Gasteiger partial charge in [0.1, 0.15) is 0 Å². The van der Waals surface area contributed by atoms with Crippen LogP contribution >= 0.6 is 0 Å². The molecule has 2 N–H and O–H groups in total. The van der Waals surface area contributed by atoms with Crippen molar-refractivity contribution >= 4 is 27.3 Å². The summed E-state index contributed by atoms with van der Waals surface area (Å²) in [5.74, 6) is -0.0575. The van der Waals surface area contributed by atoms with E-state index in [-0.39, 0.29) is 35.3 Å². The third kappa shape index (κ3) is 7.42. The average Bonchev–Trinajstić information content (AvgIpc) is 2.77. The molecule has 7 nitrogen and oxygen atoms in total. The van der Waals surface area contributed by atoms with E-state index in [4.69, 9.17) is 4.74 Å². The van der Waals surface area contributed by atoms with Gasteiger partial charge in [0.05, 0.1) is 17.5 Å². The molecule has 1 amide bonds. The molecule has 1 unspecified atom stereocenters. The van der Waals surface area contributed by atoms with Crippen molar-refractivity contribution in [1.29, 1.82) is 0 Å². The van der Waals surface area contributed by atoms with Crippen LogP contribution in [0.25, 0.3) is 0 Å². The van der Waals surface area contributed by atoms with Crippen LogP contribution in [0.3, 0.4) is 0 Å². The molecule has 1 aliphatic heterocycles. The number of nitrogens with one attached hydrogen (secondary N) is 2. The van der Waals surface area contributed by atoms with Gasteiger partial charge in [-0.3, -0.25) is 4.79 Å². The van der Waals surface area contributed by atoms with Crippen LogP contribution in [0.1, 0.15) is 72.6 Å². The quantitative estimate of drug-likeness (QED) is 0.551. The first-order valence-corrected chi connectivity index (χ1v) is 14.0. The minimum absolute atomic E-state index is 0.0222. The number of nitrogens with zero attached hydrogens (tertiary/aromatic N) is 1. The van der Waals surface area contributed by atoms with Gasteiger partial charge in [-0.2, -0.15) is 0 Å². The molecule has 2 aliphatic rings. The Morgan fingerprint density at radius 2 is 1.70 bits per heavy atom. The maximum absolute atomic E-state index is 12.8. The lowest BCUT2D eigenvalue weighted by Gasteiger charge is -2.36. The highest BCUT2D eigenvalue weighted by molar-refractivity contribution is 7.90. The van der Waals surface area contributed by atoms with E-state index >= 15 is 0 Å². The second kappa shape index (κ2) is 11.7. The summed E-state index contributed by atoms with van der Waals surface area (Å²) in [5.41, 5.74) is 1.93. The molecule has 1 saturated heterocycles. The Labute approximate surface area is 199 Å². The number of rotatable bonds is 9. The molecular weight excluding hydrogens is 438 g/mol. The molecule has 1 aromatic carbocycles. The largest absolute Gasteiger partial charge is 0.372 e. The molecule has 186 valence electrons. The Hall–Kier alpha value is -1.64. The molecule has 3 atom stereocenters. The SMILES string of the molecule is CCCCC(C)S(=O)(=O)N[C@H]1CC[C@H](C(=O)Nc2ccc(N3C[C@@H](C)O[C@@H](C)C3)cc2)CC1. The van der Waals surface area contributed by atoms with Gasteiger partial charge in [0.25, 0.3) is 0 Å². The van der Waals surface area contributed by atoms with E-state index in [1.165, 1.54) is 0 Å². The second-order valence-corrected chi connectivity index (χ2v) is 12.0. The lowest BCUT2D eigenvalue weighted by molar-refractivity contribution is -0.120. The second-order valence-electron chi connectivity index (χ2n) is 9.86. The maximum atomic E-state index is 12.8.